The van der Waals surface area contributed by atoms with E-state index in [1.165, 1.54) is 5.39 Å². The molecule has 0 spiro atoms. The SMILES string of the molecule is Nc1cccc2ccccc12.Oc1ccc2ccccc2c1. The lowest BCUT2D eigenvalue weighted by atomic mass is 10.1. The highest BCUT2D eigenvalue weighted by Gasteiger charge is 1.93. The maximum Gasteiger partial charge on any atom is 0.116 e. The van der Waals surface area contributed by atoms with E-state index in [0.717, 1.165) is 21.8 Å². The van der Waals surface area contributed by atoms with E-state index in [-0.39, 0.29) is 0 Å². The molecule has 0 bridgehead atoms. The first-order valence-electron chi connectivity index (χ1n) is 7.15. The zero-order valence-electron chi connectivity index (χ0n) is 12.1. The third-order valence-corrected chi connectivity index (χ3v) is 3.56. The Kier molecular flexibility index (Phi) is 3.92. The summed E-state index contributed by atoms with van der Waals surface area (Å²) in [6.45, 7) is 0. The Labute approximate surface area is 129 Å². The normalized spacial score (nSPS) is 10.2. The minimum Gasteiger partial charge on any atom is -0.508 e. The molecular formula is C20H17NO. The van der Waals surface area contributed by atoms with Crippen LogP contribution in [0.4, 0.5) is 5.69 Å². The van der Waals surface area contributed by atoms with Gasteiger partial charge >= 0.3 is 0 Å². The first kappa shape index (κ1) is 14.0. The number of nitrogen functional groups attached to an aromatic ring is 1. The number of fused-ring (bicyclic) bond motifs is 2. The molecule has 0 saturated heterocycles. The van der Waals surface area contributed by atoms with E-state index in [1.54, 1.807) is 12.1 Å². The largest absolute Gasteiger partial charge is 0.508 e. The van der Waals surface area contributed by atoms with Gasteiger partial charge in [-0.25, -0.2) is 0 Å². The van der Waals surface area contributed by atoms with E-state index in [2.05, 4.69) is 12.1 Å². The quantitative estimate of drug-likeness (QED) is 0.449. The lowest BCUT2D eigenvalue weighted by Gasteiger charge is -1.98. The Morgan fingerprint density at radius 1 is 0.591 bits per heavy atom. The van der Waals surface area contributed by atoms with Gasteiger partial charge in [-0.2, -0.15) is 0 Å². The lowest BCUT2D eigenvalue weighted by Crippen LogP contribution is -1.84. The van der Waals surface area contributed by atoms with Crippen LogP contribution in [-0.4, -0.2) is 5.11 Å². The average Bonchev–Trinajstić information content (AvgIpc) is 2.56. The number of anilines is 1. The molecule has 0 aliphatic heterocycles. The van der Waals surface area contributed by atoms with Crippen molar-refractivity contribution in [2.45, 2.75) is 0 Å². The van der Waals surface area contributed by atoms with Gasteiger partial charge in [0.15, 0.2) is 0 Å². The molecule has 0 aromatic heterocycles. The first-order valence-corrected chi connectivity index (χ1v) is 7.15. The predicted molar refractivity (Wildman–Crippen MR) is 94.0 cm³/mol. The summed E-state index contributed by atoms with van der Waals surface area (Å²) in [7, 11) is 0. The predicted octanol–water partition coefficient (Wildman–Crippen LogP) is 4.97. The van der Waals surface area contributed by atoms with Gasteiger partial charge in [0, 0.05) is 11.1 Å². The van der Waals surface area contributed by atoms with Crippen LogP contribution in [-0.2, 0) is 0 Å². The van der Waals surface area contributed by atoms with E-state index in [9.17, 15) is 0 Å². The number of hydrogen-bond donors (Lipinski definition) is 2. The molecule has 0 atom stereocenters. The highest BCUT2D eigenvalue weighted by Crippen LogP contribution is 2.19. The summed E-state index contributed by atoms with van der Waals surface area (Å²) in [5.74, 6) is 0.323. The summed E-state index contributed by atoms with van der Waals surface area (Å²) in [6.07, 6.45) is 0. The smallest absolute Gasteiger partial charge is 0.116 e. The molecule has 0 saturated carbocycles. The number of rotatable bonds is 0. The van der Waals surface area contributed by atoms with Gasteiger partial charge in [-0.3, -0.25) is 0 Å². The van der Waals surface area contributed by atoms with Crippen molar-refractivity contribution in [1.29, 1.82) is 0 Å². The maximum atomic E-state index is 9.13. The van der Waals surface area contributed by atoms with Gasteiger partial charge in [0.2, 0.25) is 0 Å². The van der Waals surface area contributed by atoms with Gasteiger partial charge in [-0.15, -0.1) is 0 Å². The van der Waals surface area contributed by atoms with Crippen LogP contribution in [0, 0.1) is 0 Å². The van der Waals surface area contributed by atoms with E-state index in [1.807, 2.05) is 60.7 Å². The number of phenolic OH excluding ortho intramolecular Hbond substituents is 1. The van der Waals surface area contributed by atoms with Crippen molar-refractivity contribution in [2.75, 3.05) is 5.73 Å². The summed E-state index contributed by atoms with van der Waals surface area (Å²) in [5.41, 5.74) is 6.61. The monoisotopic (exact) mass is 287 g/mol. The molecule has 4 aromatic carbocycles. The highest BCUT2D eigenvalue weighted by molar-refractivity contribution is 5.92. The van der Waals surface area contributed by atoms with Gasteiger partial charge in [-0.1, -0.05) is 66.7 Å². The van der Waals surface area contributed by atoms with Crippen LogP contribution in [0.1, 0.15) is 0 Å². The Balaban J connectivity index is 0.000000131. The van der Waals surface area contributed by atoms with Crippen LogP contribution >= 0.6 is 0 Å². The summed E-state index contributed by atoms with van der Waals surface area (Å²) < 4.78 is 0. The van der Waals surface area contributed by atoms with Crippen LogP contribution in [0.5, 0.6) is 5.75 Å². The zero-order chi connectivity index (χ0) is 15.4. The van der Waals surface area contributed by atoms with Crippen LogP contribution in [0.3, 0.4) is 0 Å². The van der Waals surface area contributed by atoms with Crippen molar-refractivity contribution < 1.29 is 5.11 Å². The molecular weight excluding hydrogens is 270 g/mol. The molecule has 0 radical (unpaired) electrons. The molecule has 0 aliphatic carbocycles. The van der Waals surface area contributed by atoms with E-state index in [0.29, 0.717) is 5.75 Å². The van der Waals surface area contributed by atoms with Crippen LogP contribution < -0.4 is 5.73 Å². The standard InChI is InChI=1S/C10H9N.C10H8O/c11-10-7-3-5-8-4-1-2-6-9(8)10;11-10-6-5-8-3-1-2-4-9(8)7-10/h1-7H,11H2;1-7,11H. The first-order chi connectivity index (χ1) is 10.7. The lowest BCUT2D eigenvalue weighted by molar-refractivity contribution is 0.476. The second-order valence-electron chi connectivity index (χ2n) is 5.10. The molecule has 108 valence electrons. The molecule has 3 N–H and O–H groups in total. The second kappa shape index (κ2) is 6.19. The van der Waals surface area contributed by atoms with E-state index in [4.69, 9.17) is 10.8 Å². The summed E-state index contributed by atoms with van der Waals surface area (Å²) in [4.78, 5) is 0. The fraction of sp³-hybridized carbons (Fsp3) is 0. The highest BCUT2D eigenvalue weighted by atomic mass is 16.3. The second-order valence-corrected chi connectivity index (χ2v) is 5.10. The number of nitrogens with two attached hydrogens (primary N) is 1. The van der Waals surface area contributed by atoms with Gasteiger partial charge in [0.05, 0.1) is 0 Å². The molecule has 0 heterocycles. The topological polar surface area (TPSA) is 46.2 Å². The third kappa shape index (κ3) is 3.01. The Bertz CT molecular complexity index is 904. The Morgan fingerprint density at radius 3 is 2.00 bits per heavy atom. The van der Waals surface area contributed by atoms with Crippen molar-refractivity contribution in [3.05, 3.63) is 84.9 Å². The van der Waals surface area contributed by atoms with Crippen LogP contribution in [0.25, 0.3) is 21.5 Å². The van der Waals surface area contributed by atoms with E-state index < -0.39 is 0 Å². The molecule has 2 heteroatoms. The van der Waals surface area contributed by atoms with Gasteiger partial charge in [-0.05, 0) is 34.4 Å². The maximum absolute atomic E-state index is 9.13. The zero-order valence-corrected chi connectivity index (χ0v) is 12.1. The summed E-state index contributed by atoms with van der Waals surface area (Å²) >= 11 is 0. The molecule has 2 nitrogen and oxygen atoms in total. The van der Waals surface area contributed by atoms with Gasteiger partial charge < -0.3 is 10.8 Å². The molecule has 0 unspecified atom stereocenters. The molecule has 22 heavy (non-hydrogen) atoms. The van der Waals surface area contributed by atoms with Crippen LogP contribution in [0.2, 0.25) is 0 Å². The number of aromatic hydroxyl groups is 1. The van der Waals surface area contributed by atoms with Crippen molar-refractivity contribution in [3.8, 4) is 5.75 Å². The minimum atomic E-state index is 0.323. The molecule has 0 amide bonds. The summed E-state index contributed by atoms with van der Waals surface area (Å²) in [6, 6.07) is 27.4. The number of phenols is 1. The average molecular weight is 287 g/mol. The molecule has 0 fully saturated rings. The molecule has 0 aliphatic rings. The van der Waals surface area contributed by atoms with Crippen molar-refractivity contribution in [1.82, 2.24) is 0 Å². The van der Waals surface area contributed by atoms with Crippen LogP contribution in [0.15, 0.2) is 84.9 Å². The third-order valence-electron chi connectivity index (χ3n) is 3.56. The van der Waals surface area contributed by atoms with Crippen molar-refractivity contribution in [2.24, 2.45) is 0 Å². The molecule has 4 rings (SSSR count). The number of benzene rings is 4. The van der Waals surface area contributed by atoms with Crippen molar-refractivity contribution in [3.63, 3.8) is 0 Å². The Hall–Kier alpha value is -3.00. The van der Waals surface area contributed by atoms with E-state index >= 15 is 0 Å². The Morgan fingerprint density at radius 2 is 1.23 bits per heavy atom. The fourth-order valence-electron chi connectivity index (χ4n) is 2.43. The van der Waals surface area contributed by atoms with Gasteiger partial charge in [0.25, 0.3) is 0 Å². The fourth-order valence-corrected chi connectivity index (χ4v) is 2.43. The number of hydrogen-bond acceptors (Lipinski definition) is 2. The minimum absolute atomic E-state index is 0.323. The van der Waals surface area contributed by atoms with Crippen molar-refractivity contribution >= 4 is 27.2 Å². The molecule has 4 aromatic rings. The van der Waals surface area contributed by atoms with Gasteiger partial charge in [0.1, 0.15) is 5.75 Å². The summed E-state index contributed by atoms with van der Waals surface area (Å²) in [5, 5.41) is 13.7.